The Morgan fingerprint density at radius 3 is 2.09 bits per heavy atom. The van der Waals surface area contributed by atoms with Gasteiger partial charge in [0.15, 0.2) is 0 Å². The van der Waals surface area contributed by atoms with Crippen molar-refractivity contribution >= 4 is 28.6 Å². The van der Waals surface area contributed by atoms with E-state index in [4.69, 9.17) is 18.9 Å². The standard InChI is InChI=1S/C35H48N2O6/c1-34(2,24-43-25-35(3,4)23-42-19-18-40-5)22-41-17-15-32(38)36-16-14-33(39)37-21-26-10-6-7-11-27(26)29-20-30(29)28-12-8-9-13-31(28)37/h6-13H,14-25H2,1-5H3,(H,36,38). The second kappa shape index (κ2) is 15.1. The molecule has 1 aliphatic heterocycles. The Kier molecular flexibility index (Phi) is 11.5. The van der Waals surface area contributed by atoms with Crippen LogP contribution in [0.15, 0.2) is 48.5 Å². The number of ether oxygens (including phenoxy) is 4. The maximum atomic E-state index is 13.4. The number of carbonyl (C=O) groups is 2. The Bertz CT molecular complexity index is 1280. The monoisotopic (exact) mass is 592 g/mol. The molecule has 1 aliphatic carbocycles. The fraction of sp³-hybridized carbons (Fsp3) is 0.543. The van der Waals surface area contributed by atoms with Gasteiger partial charge in [-0.3, -0.25) is 9.59 Å². The van der Waals surface area contributed by atoms with Gasteiger partial charge in [0.1, 0.15) is 0 Å². The molecule has 8 heteroatoms. The van der Waals surface area contributed by atoms with E-state index in [2.05, 4.69) is 57.3 Å². The zero-order chi connectivity index (χ0) is 30.9. The smallest absolute Gasteiger partial charge is 0.229 e. The average molecular weight is 593 g/mol. The highest BCUT2D eigenvalue weighted by Crippen LogP contribution is 2.52. The molecule has 2 aromatic carbocycles. The van der Waals surface area contributed by atoms with E-state index in [9.17, 15) is 9.59 Å². The van der Waals surface area contributed by atoms with Crippen LogP contribution in [0.4, 0.5) is 5.69 Å². The summed E-state index contributed by atoms with van der Waals surface area (Å²) >= 11 is 0. The largest absolute Gasteiger partial charge is 0.382 e. The van der Waals surface area contributed by atoms with Crippen LogP contribution in [-0.2, 0) is 35.1 Å². The van der Waals surface area contributed by atoms with Gasteiger partial charge in [-0.15, -0.1) is 0 Å². The van der Waals surface area contributed by atoms with Crippen molar-refractivity contribution in [3.05, 3.63) is 65.2 Å². The molecule has 8 nitrogen and oxygen atoms in total. The topological polar surface area (TPSA) is 86.3 Å². The first kappa shape index (κ1) is 32.9. The summed E-state index contributed by atoms with van der Waals surface area (Å²) in [5, 5.41) is 2.89. The van der Waals surface area contributed by atoms with Gasteiger partial charge >= 0.3 is 0 Å². The van der Waals surface area contributed by atoms with Crippen LogP contribution < -0.4 is 10.2 Å². The van der Waals surface area contributed by atoms with Crippen LogP contribution in [0.5, 0.6) is 0 Å². The molecule has 1 heterocycles. The van der Waals surface area contributed by atoms with E-state index in [1.165, 1.54) is 16.7 Å². The number of nitrogens with one attached hydrogen (secondary N) is 1. The third-order valence-corrected chi connectivity index (χ3v) is 7.62. The normalized spacial score (nSPS) is 14.4. The fourth-order valence-corrected chi connectivity index (χ4v) is 5.27. The molecule has 2 aliphatic rings. The average Bonchev–Trinajstić information content (AvgIpc) is 3.76. The van der Waals surface area contributed by atoms with Crippen LogP contribution in [0.1, 0.15) is 63.6 Å². The molecule has 0 radical (unpaired) electrons. The van der Waals surface area contributed by atoms with E-state index >= 15 is 0 Å². The lowest BCUT2D eigenvalue weighted by atomic mass is 9.94. The molecular weight excluding hydrogens is 544 g/mol. The molecule has 4 rings (SSSR count). The van der Waals surface area contributed by atoms with Crippen molar-refractivity contribution in [2.24, 2.45) is 10.8 Å². The van der Waals surface area contributed by atoms with Crippen LogP contribution in [0.2, 0.25) is 0 Å². The van der Waals surface area contributed by atoms with Crippen LogP contribution in [0.25, 0.3) is 11.1 Å². The second-order valence-corrected chi connectivity index (χ2v) is 13.1. The molecule has 0 fully saturated rings. The lowest BCUT2D eigenvalue weighted by Gasteiger charge is -2.29. The summed E-state index contributed by atoms with van der Waals surface area (Å²) in [6, 6.07) is 16.5. The summed E-state index contributed by atoms with van der Waals surface area (Å²) in [4.78, 5) is 27.8. The summed E-state index contributed by atoms with van der Waals surface area (Å²) in [6.45, 7) is 12.9. The Labute approximate surface area is 256 Å². The van der Waals surface area contributed by atoms with E-state index in [1.54, 1.807) is 7.11 Å². The molecule has 1 N–H and O–H groups in total. The van der Waals surface area contributed by atoms with Gasteiger partial charge in [-0.1, -0.05) is 70.2 Å². The third kappa shape index (κ3) is 9.73. The molecule has 0 saturated heterocycles. The lowest BCUT2D eigenvalue weighted by molar-refractivity contribution is -0.123. The van der Waals surface area contributed by atoms with Crippen LogP contribution >= 0.6 is 0 Å². The molecule has 0 bridgehead atoms. The van der Waals surface area contributed by atoms with Crippen LogP contribution in [0.3, 0.4) is 0 Å². The first-order chi connectivity index (χ1) is 20.6. The summed E-state index contributed by atoms with van der Waals surface area (Å²) in [5.41, 5.74) is 6.87. The van der Waals surface area contributed by atoms with Crippen molar-refractivity contribution in [1.29, 1.82) is 0 Å². The summed E-state index contributed by atoms with van der Waals surface area (Å²) in [6.07, 6.45) is 1.43. The van der Waals surface area contributed by atoms with Crippen molar-refractivity contribution in [3.8, 4) is 0 Å². The van der Waals surface area contributed by atoms with Gasteiger partial charge in [0, 0.05) is 42.9 Å². The third-order valence-electron chi connectivity index (χ3n) is 7.62. The highest BCUT2D eigenvalue weighted by atomic mass is 16.5. The van der Waals surface area contributed by atoms with Crippen LogP contribution in [0, 0.1) is 10.8 Å². The number of hydrogen-bond donors (Lipinski definition) is 1. The van der Waals surface area contributed by atoms with E-state index in [0.29, 0.717) is 52.8 Å². The molecule has 0 atom stereocenters. The maximum Gasteiger partial charge on any atom is 0.229 e. The van der Waals surface area contributed by atoms with Crippen molar-refractivity contribution in [2.75, 3.05) is 64.8 Å². The van der Waals surface area contributed by atoms with Crippen molar-refractivity contribution < 1.29 is 28.5 Å². The number of rotatable bonds is 17. The minimum absolute atomic E-state index is 0.00466. The quantitative estimate of drug-likeness (QED) is 0.245. The molecule has 0 unspecified atom stereocenters. The van der Waals surface area contributed by atoms with E-state index in [1.807, 2.05) is 29.2 Å². The maximum absolute atomic E-state index is 13.4. The van der Waals surface area contributed by atoms with Gasteiger partial charge in [0.2, 0.25) is 11.8 Å². The minimum Gasteiger partial charge on any atom is -0.382 e. The SMILES string of the molecule is COCCOCC(C)(C)COCC(C)(C)COCCC(=O)NCCC(=O)N1Cc2ccccc2C2=C(C2)c2ccccc21. The number of amides is 2. The number of allylic oxidation sites excluding steroid dienone is 2. The molecule has 234 valence electrons. The fourth-order valence-electron chi connectivity index (χ4n) is 5.27. The van der Waals surface area contributed by atoms with Gasteiger partial charge < -0.3 is 29.2 Å². The molecule has 0 aromatic heterocycles. The van der Waals surface area contributed by atoms with E-state index in [-0.39, 0.29) is 42.0 Å². The predicted octanol–water partition coefficient (Wildman–Crippen LogP) is 5.49. The molecule has 0 saturated carbocycles. The number of benzene rings is 2. The first-order valence-electron chi connectivity index (χ1n) is 15.3. The van der Waals surface area contributed by atoms with Gasteiger partial charge in [-0.25, -0.2) is 0 Å². The number of hydrogen-bond acceptors (Lipinski definition) is 6. The van der Waals surface area contributed by atoms with Crippen molar-refractivity contribution in [3.63, 3.8) is 0 Å². The zero-order valence-corrected chi connectivity index (χ0v) is 26.5. The summed E-state index contributed by atoms with van der Waals surface area (Å²) in [7, 11) is 1.66. The van der Waals surface area contributed by atoms with Gasteiger partial charge in [0.25, 0.3) is 0 Å². The van der Waals surface area contributed by atoms with Gasteiger partial charge in [-0.2, -0.15) is 0 Å². The number of carbonyl (C=O) groups excluding carboxylic acids is 2. The predicted molar refractivity (Wildman–Crippen MR) is 170 cm³/mol. The zero-order valence-electron chi connectivity index (χ0n) is 26.5. The minimum atomic E-state index is -0.186. The number of para-hydroxylation sites is 1. The highest BCUT2D eigenvalue weighted by molar-refractivity contribution is 6.12. The summed E-state index contributed by atoms with van der Waals surface area (Å²) in [5.74, 6) is -0.127. The van der Waals surface area contributed by atoms with Crippen LogP contribution in [-0.4, -0.2) is 71.7 Å². The van der Waals surface area contributed by atoms with E-state index < -0.39 is 0 Å². The van der Waals surface area contributed by atoms with E-state index in [0.717, 1.165) is 23.2 Å². The van der Waals surface area contributed by atoms with Gasteiger partial charge in [0.05, 0.1) is 58.5 Å². The summed E-state index contributed by atoms with van der Waals surface area (Å²) < 4.78 is 22.5. The second-order valence-electron chi connectivity index (χ2n) is 13.1. The Morgan fingerprint density at radius 1 is 0.767 bits per heavy atom. The molecule has 0 spiro atoms. The lowest BCUT2D eigenvalue weighted by Crippen LogP contribution is -2.35. The van der Waals surface area contributed by atoms with Gasteiger partial charge in [-0.05, 0) is 34.8 Å². The number of methoxy groups -OCH3 is 1. The Balaban J connectivity index is 1.16. The molecule has 2 aromatic rings. The van der Waals surface area contributed by atoms with Crippen molar-refractivity contribution in [2.45, 2.75) is 53.5 Å². The molecular formula is C35H48N2O6. The Hall–Kier alpha value is -3.04. The first-order valence-corrected chi connectivity index (χ1v) is 15.3. The molecule has 2 amide bonds. The number of nitrogens with zero attached hydrogens (tertiary/aromatic N) is 1. The number of fused-ring (bicyclic) bond motifs is 4. The number of anilines is 1. The Morgan fingerprint density at radius 2 is 1.37 bits per heavy atom. The molecule has 43 heavy (non-hydrogen) atoms. The highest BCUT2D eigenvalue weighted by Gasteiger charge is 2.33. The van der Waals surface area contributed by atoms with Crippen molar-refractivity contribution in [1.82, 2.24) is 5.32 Å².